The molecule has 1 aliphatic carbocycles. The summed E-state index contributed by atoms with van der Waals surface area (Å²) in [5.74, 6) is 0. The van der Waals surface area contributed by atoms with E-state index in [1.54, 1.807) is 6.07 Å². The number of hydrogen-bond acceptors (Lipinski definition) is 2. The van der Waals surface area contributed by atoms with Gasteiger partial charge in [-0.25, -0.2) is 0 Å². The topological polar surface area (TPSA) is 29.3 Å². The molecule has 1 fully saturated rings. The Morgan fingerprint density at radius 1 is 1.40 bits per heavy atom. The van der Waals surface area contributed by atoms with Crippen molar-refractivity contribution >= 4 is 28.9 Å². The lowest BCUT2D eigenvalue weighted by atomic mass is 10.2. The maximum atomic E-state index is 6.11. The van der Waals surface area contributed by atoms with Crippen LogP contribution in [0.2, 0.25) is 10.0 Å². The van der Waals surface area contributed by atoms with Gasteiger partial charge in [0.05, 0.1) is 10.7 Å². The second kappa shape index (κ2) is 3.85. The molecule has 0 bridgehead atoms. The number of nitrogens with two attached hydrogens (primary N) is 1. The Hall–Kier alpha value is -0.440. The average Bonchev–Trinajstić information content (AvgIpc) is 2.82. The van der Waals surface area contributed by atoms with Gasteiger partial charge in [0.25, 0.3) is 0 Å². The highest BCUT2D eigenvalue weighted by Crippen LogP contribution is 2.35. The predicted octanol–water partition coefficient (Wildman–Crippen LogP) is 2.92. The fraction of sp³-hybridized carbons (Fsp3) is 0.455. The van der Waals surface area contributed by atoms with Gasteiger partial charge < -0.3 is 10.6 Å². The van der Waals surface area contributed by atoms with Gasteiger partial charge >= 0.3 is 0 Å². The Bertz CT molecular complexity index is 375. The Kier molecular flexibility index (Phi) is 2.84. The van der Waals surface area contributed by atoms with Crippen molar-refractivity contribution in [3.05, 3.63) is 28.2 Å². The first-order chi connectivity index (χ1) is 7.00. The van der Waals surface area contributed by atoms with E-state index in [0.29, 0.717) is 10.0 Å². The highest BCUT2D eigenvalue weighted by molar-refractivity contribution is 6.36. The molecule has 82 valence electrons. The quantitative estimate of drug-likeness (QED) is 0.887. The molecule has 4 heteroatoms. The third-order valence-corrected chi connectivity index (χ3v) is 3.30. The van der Waals surface area contributed by atoms with Crippen molar-refractivity contribution in [3.63, 3.8) is 0 Å². The number of benzene rings is 1. The summed E-state index contributed by atoms with van der Waals surface area (Å²) in [5, 5.41) is 1.33. The van der Waals surface area contributed by atoms with Gasteiger partial charge in [0.15, 0.2) is 0 Å². The minimum absolute atomic E-state index is 0.00227. The molecule has 1 aromatic carbocycles. The zero-order valence-corrected chi connectivity index (χ0v) is 10.1. The van der Waals surface area contributed by atoms with Crippen molar-refractivity contribution in [2.75, 3.05) is 18.5 Å². The van der Waals surface area contributed by atoms with Crippen LogP contribution < -0.4 is 10.6 Å². The van der Waals surface area contributed by atoms with E-state index in [1.807, 2.05) is 19.2 Å². The zero-order chi connectivity index (χ0) is 11.1. The van der Waals surface area contributed by atoms with Crippen LogP contribution in [0.25, 0.3) is 0 Å². The molecule has 1 aromatic rings. The molecule has 0 atom stereocenters. The molecule has 1 aliphatic rings. The van der Waals surface area contributed by atoms with Crippen molar-refractivity contribution in [3.8, 4) is 0 Å². The molecule has 0 unspecified atom stereocenters. The highest BCUT2D eigenvalue weighted by atomic mass is 35.5. The highest BCUT2D eigenvalue weighted by Gasteiger charge is 2.39. The van der Waals surface area contributed by atoms with Crippen LogP contribution in [-0.4, -0.2) is 19.1 Å². The Morgan fingerprint density at radius 2 is 2.07 bits per heavy atom. The number of anilines is 1. The van der Waals surface area contributed by atoms with E-state index < -0.39 is 0 Å². The van der Waals surface area contributed by atoms with E-state index in [0.717, 1.165) is 25.1 Å². The summed E-state index contributed by atoms with van der Waals surface area (Å²) < 4.78 is 0. The number of likely N-dealkylation sites (N-methyl/N-ethyl adjacent to an activating group) is 1. The number of halogens is 2. The van der Waals surface area contributed by atoms with Crippen LogP contribution in [0.3, 0.4) is 0 Å². The van der Waals surface area contributed by atoms with E-state index in [4.69, 9.17) is 28.9 Å². The molecule has 0 heterocycles. The van der Waals surface area contributed by atoms with Crippen molar-refractivity contribution in [2.45, 2.75) is 18.4 Å². The maximum Gasteiger partial charge on any atom is 0.0654 e. The summed E-state index contributed by atoms with van der Waals surface area (Å²) in [4.78, 5) is 2.09. The molecule has 2 nitrogen and oxygen atoms in total. The van der Waals surface area contributed by atoms with Gasteiger partial charge in [0.2, 0.25) is 0 Å². The lowest BCUT2D eigenvalue weighted by Gasteiger charge is -2.24. The summed E-state index contributed by atoms with van der Waals surface area (Å²) in [5.41, 5.74) is 7.04. The molecular weight excluding hydrogens is 231 g/mol. The van der Waals surface area contributed by atoms with Crippen LogP contribution in [0.4, 0.5) is 5.69 Å². The third kappa shape index (κ3) is 2.57. The first kappa shape index (κ1) is 11.1. The molecular formula is C11H14Cl2N2. The molecule has 0 amide bonds. The normalized spacial score (nSPS) is 17.6. The van der Waals surface area contributed by atoms with Gasteiger partial charge in [-0.1, -0.05) is 23.2 Å². The van der Waals surface area contributed by atoms with Crippen LogP contribution in [0.15, 0.2) is 18.2 Å². The standard InChI is InChI=1S/C11H14Cl2N2/c1-15(7-11(14)4-5-11)10-3-2-8(12)6-9(10)13/h2-3,6H,4-5,7,14H2,1H3. The van der Waals surface area contributed by atoms with E-state index in [9.17, 15) is 0 Å². The van der Waals surface area contributed by atoms with Gasteiger partial charge in [-0.2, -0.15) is 0 Å². The van der Waals surface area contributed by atoms with Gasteiger partial charge in [-0.3, -0.25) is 0 Å². The van der Waals surface area contributed by atoms with Crippen molar-refractivity contribution in [2.24, 2.45) is 5.73 Å². The molecule has 0 aliphatic heterocycles. The summed E-state index contributed by atoms with van der Waals surface area (Å²) in [7, 11) is 2.00. The minimum atomic E-state index is -0.00227. The van der Waals surface area contributed by atoms with E-state index in [1.165, 1.54) is 0 Å². The van der Waals surface area contributed by atoms with Gasteiger partial charge in [-0.15, -0.1) is 0 Å². The number of rotatable bonds is 3. The van der Waals surface area contributed by atoms with Crippen LogP contribution in [0.1, 0.15) is 12.8 Å². The number of nitrogens with zero attached hydrogens (tertiary/aromatic N) is 1. The van der Waals surface area contributed by atoms with Gasteiger partial charge in [0, 0.05) is 24.2 Å². The second-order valence-corrected chi connectivity index (χ2v) is 5.16. The third-order valence-electron chi connectivity index (χ3n) is 2.77. The zero-order valence-electron chi connectivity index (χ0n) is 8.63. The second-order valence-electron chi connectivity index (χ2n) is 4.31. The van der Waals surface area contributed by atoms with Crippen LogP contribution in [0, 0.1) is 0 Å². The molecule has 15 heavy (non-hydrogen) atoms. The predicted molar refractivity (Wildman–Crippen MR) is 65.9 cm³/mol. The lowest BCUT2D eigenvalue weighted by Crippen LogP contribution is -2.37. The molecule has 0 radical (unpaired) electrons. The maximum absolute atomic E-state index is 6.11. The monoisotopic (exact) mass is 244 g/mol. The SMILES string of the molecule is CN(CC1(N)CC1)c1ccc(Cl)cc1Cl. The summed E-state index contributed by atoms with van der Waals surface area (Å²) in [6.07, 6.45) is 2.20. The largest absolute Gasteiger partial charge is 0.372 e. The Balaban J connectivity index is 2.14. The fourth-order valence-electron chi connectivity index (χ4n) is 1.67. The Labute approximate surface area is 100.0 Å². The summed E-state index contributed by atoms with van der Waals surface area (Å²) in [6, 6.07) is 5.52. The van der Waals surface area contributed by atoms with Crippen molar-refractivity contribution in [1.82, 2.24) is 0 Å². The first-order valence-electron chi connectivity index (χ1n) is 4.95. The lowest BCUT2D eigenvalue weighted by molar-refractivity contribution is 0.660. The van der Waals surface area contributed by atoms with E-state index >= 15 is 0 Å². The van der Waals surface area contributed by atoms with Crippen molar-refractivity contribution < 1.29 is 0 Å². The number of hydrogen-bond donors (Lipinski definition) is 1. The molecule has 0 saturated heterocycles. The first-order valence-corrected chi connectivity index (χ1v) is 5.71. The van der Waals surface area contributed by atoms with E-state index in [-0.39, 0.29) is 5.54 Å². The summed E-state index contributed by atoms with van der Waals surface area (Å²) >= 11 is 11.9. The van der Waals surface area contributed by atoms with Crippen LogP contribution in [0.5, 0.6) is 0 Å². The molecule has 2 rings (SSSR count). The average molecular weight is 245 g/mol. The van der Waals surface area contributed by atoms with Crippen molar-refractivity contribution in [1.29, 1.82) is 0 Å². The molecule has 1 saturated carbocycles. The molecule has 0 spiro atoms. The van der Waals surface area contributed by atoms with Gasteiger partial charge in [-0.05, 0) is 31.0 Å². The summed E-state index contributed by atoms with van der Waals surface area (Å²) in [6.45, 7) is 0.842. The molecule has 2 N–H and O–H groups in total. The fourth-order valence-corrected chi connectivity index (χ4v) is 2.22. The Morgan fingerprint density at radius 3 is 2.60 bits per heavy atom. The smallest absolute Gasteiger partial charge is 0.0654 e. The van der Waals surface area contributed by atoms with Gasteiger partial charge in [0.1, 0.15) is 0 Å². The van der Waals surface area contributed by atoms with E-state index in [2.05, 4.69) is 4.90 Å². The molecule has 0 aromatic heterocycles. The van der Waals surface area contributed by atoms with Crippen LogP contribution in [-0.2, 0) is 0 Å². The minimum Gasteiger partial charge on any atom is -0.372 e. The van der Waals surface area contributed by atoms with Crippen LogP contribution >= 0.6 is 23.2 Å².